The Bertz CT molecular complexity index is 1120. The van der Waals surface area contributed by atoms with E-state index in [0.717, 1.165) is 57.2 Å². The number of morpholine rings is 1. The second-order valence-electron chi connectivity index (χ2n) is 8.92. The molecule has 0 spiro atoms. The molecule has 0 bridgehead atoms. The number of hydrogen-bond donors (Lipinski definition) is 2. The zero-order valence-corrected chi connectivity index (χ0v) is 25.5. The number of anilines is 2. The first-order valence-corrected chi connectivity index (χ1v) is 14.2. The topological polar surface area (TPSA) is 83.6 Å². The second kappa shape index (κ2) is 20.2. The van der Waals surface area contributed by atoms with E-state index in [1.165, 1.54) is 18.6 Å². The molecule has 0 unspecified atom stereocenters. The number of allylic oxidation sites excluding steroid dienone is 4. The first kappa shape index (κ1) is 35.2. The highest BCUT2D eigenvalue weighted by Gasteiger charge is 2.20. The van der Waals surface area contributed by atoms with Gasteiger partial charge in [0.15, 0.2) is 11.6 Å². The number of nitrogens with zero attached hydrogens (tertiary/aromatic N) is 2. The zero-order valence-electron chi connectivity index (χ0n) is 24.0. The Morgan fingerprint density at radius 2 is 1.77 bits per heavy atom. The molecular weight excluding hydrogens is 554 g/mol. The number of hydrogen-bond acceptors (Lipinski definition) is 6. The summed E-state index contributed by atoms with van der Waals surface area (Å²) in [4.78, 5) is 29.1. The average molecular weight is 596 g/mol. The van der Waals surface area contributed by atoms with Gasteiger partial charge in [0.2, 0.25) is 6.41 Å². The van der Waals surface area contributed by atoms with Gasteiger partial charge in [-0.25, -0.2) is 9.37 Å². The zero-order chi connectivity index (χ0) is 29.9. The molecule has 2 heterocycles. The predicted octanol–water partition coefficient (Wildman–Crippen LogP) is 7.43. The van der Waals surface area contributed by atoms with Gasteiger partial charge in [-0.1, -0.05) is 68.1 Å². The van der Waals surface area contributed by atoms with Crippen molar-refractivity contribution in [1.29, 1.82) is 0 Å². The lowest BCUT2D eigenvalue weighted by Crippen LogP contribution is -2.39. The van der Waals surface area contributed by atoms with Crippen molar-refractivity contribution in [2.24, 2.45) is 0 Å². The van der Waals surface area contributed by atoms with Crippen LogP contribution in [0, 0.1) is 5.82 Å². The van der Waals surface area contributed by atoms with Crippen LogP contribution in [-0.2, 0) is 9.53 Å². The molecule has 1 saturated heterocycles. The predicted molar refractivity (Wildman–Crippen MR) is 164 cm³/mol. The standard InChI is InChI=1S/C15H15Cl2FO.C12H18N4O2.C3H8/c1-4-9(3)8-10(5-2)15(19)13-11(16)6-7-12(17)14(13)18;17-10-15-11-1-2-12(14-9-11)13-3-4-16-5-7-18-8-6-16;1-3-2/h5-8H,4H2,1-3H3;1-2,9-10H,3-8H2,(H,13,14)(H,15,17);3H2,1-2H3/b9-8-,10-5+;;. The number of ketones is 1. The molecule has 10 heteroatoms. The number of nitrogens with one attached hydrogen (secondary N) is 2. The number of carbonyl (C=O) groups excluding carboxylic acids is 2. The fourth-order valence-electron chi connectivity index (χ4n) is 3.35. The summed E-state index contributed by atoms with van der Waals surface area (Å²) in [6, 6.07) is 6.42. The molecule has 1 aliphatic rings. The average Bonchev–Trinajstić information content (AvgIpc) is 2.96. The summed E-state index contributed by atoms with van der Waals surface area (Å²) in [5, 5.41) is 5.75. The van der Waals surface area contributed by atoms with Crippen LogP contribution in [0.15, 0.2) is 53.8 Å². The van der Waals surface area contributed by atoms with E-state index < -0.39 is 11.6 Å². The molecule has 3 rings (SSSR count). The molecule has 7 nitrogen and oxygen atoms in total. The molecular formula is C30H41Cl2FN4O3. The van der Waals surface area contributed by atoms with Crippen molar-refractivity contribution < 1.29 is 18.7 Å². The number of rotatable bonds is 10. The minimum atomic E-state index is -0.777. The molecule has 1 amide bonds. The molecule has 1 aliphatic heterocycles. The highest BCUT2D eigenvalue weighted by atomic mass is 35.5. The molecule has 1 fully saturated rings. The van der Waals surface area contributed by atoms with Crippen molar-refractivity contribution in [2.75, 3.05) is 50.0 Å². The number of Topliss-reactive ketones (excluding diaryl/α,β-unsaturated/α-hetero) is 1. The molecule has 1 aromatic heterocycles. The van der Waals surface area contributed by atoms with Crippen molar-refractivity contribution in [2.45, 2.75) is 47.5 Å². The Hall–Kier alpha value is -2.78. The summed E-state index contributed by atoms with van der Waals surface area (Å²) in [5.74, 6) is -0.416. The number of benzene rings is 1. The van der Waals surface area contributed by atoms with Crippen LogP contribution in [0.2, 0.25) is 10.0 Å². The molecule has 2 N–H and O–H groups in total. The van der Waals surface area contributed by atoms with Crippen LogP contribution >= 0.6 is 23.2 Å². The van der Waals surface area contributed by atoms with Gasteiger partial charge in [-0.15, -0.1) is 0 Å². The van der Waals surface area contributed by atoms with Gasteiger partial charge in [-0.05, 0) is 44.5 Å². The summed E-state index contributed by atoms with van der Waals surface area (Å²) >= 11 is 11.6. The summed E-state index contributed by atoms with van der Waals surface area (Å²) in [7, 11) is 0. The molecule has 220 valence electrons. The molecule has 1 aromatic carbocycles. The van der Waals surface area contributed by atoms with Crippen molar-refractivity contribution in [3.8, 4) is 0 Å². The first-order valence-electron chi connectivity index (χ1n) is 13.4. The number of pyridine rings is 1. The van der Waals surface area contributed by atoms with E-state index in [-0.39, 0.29) is 15.6 Å². The lowest BCUT2D eigenvalue weighted by molar-refractivity contribution is -0.105. The van der Waals surface area contributed by atoms with E-state index in [0.29, 0.717) is 17.7 Å². The molecule has 0 aliphatic carbocycles. The first-order chi connectivity index (χ1) is 19.2. The summed E-state index contributed by atoms with van der Waals surface area (Å²) in [6.45, 7) is 15.3. The fraction of sp³-hybridized carbons (Fsp3) is 0.433. The Kier molecular flexibility index (Phi) is 17.8. The highest BCUT2D eigenvalue weighted by Crippen LogP contribution is 2.28. The number of carbonyl (C=O) groups is 2. The van der Waals surface area contributed by atoms with Crippen molar-refractivity contribution in [3.63, 3.8) is 0 Å². The summed E-state index contributed by atoms with van der Waals surface area (Å²) in [6.07, 6.45) is 7.71. The minimum Gasteiger partial charge on any atom is -0.379 e. The second-order valence-corrected chi connectivity index (χ2v) is 9.73. The maximum absolute atomic E-state index is 13.9. The Morgan fingerprint density at radius 1 is 1.12 bits per heavy atom. The van der Waals surface area contributed by atoms with Gasteiger partial charge in [-0.3, -0.25) is 14.5 Å². The van der Waals surface area contributed by atoms with Crippen LogP contribution in [0.3, 0.4) is 0 Å². The number of halogens is 3. The van der Waals surface area contributed by atoms with E-state index in [2.05, 4.69) is 34.4 Å². The van der Waals surface area contributed by atoms with Gasteiger partial charge in [0.25, 0.3) is 0 Å². The van der Waals surface area contributed by atoms with Crippen LogP contribution in [0.5, 0.6) is 0 Å². The maximum Gasteiger partial charge on any atom is 0.211 e. The number of aromatic nitrogens is 1. The van der Waals surface area contributed by atoms with Gasteiger partial charge in [0, 0.05) is 31.8 Å². The highest BCUT2D eigenvalue weighted by molar-refractivity contribution is 6.37. The Morgan fingerprint density at radius 3 is 2.33 bits per heavy atom. The summed E-state index contributed by atoms with van der Waals surface area (Å²) < 4.78 is 19.2. The summed E-state index contributed by atoms with van der Waals surface area (Å²) in [5.41, 5.74) is 1.95. The van der Waals surface area contributed by atoms with Gasteiger partial charge >= 0.3 is 0 Å². The van der Waals surface area contributed by atoms with E-state index in [1.807, 2.05) is 26.0 Å². The lowest BCUT2D eigenvalue weighted by atomic mass is 10.00. The van der Waals surface area contributed by atoms with Crippen LogP contribution in [-0.4, -0.2) is 61.5 Å². The van der Waals surface area contributed by atoms with Crippen molar-refractivity contribution in [1.82, 2.24) is 9.88 Å². The van der Waals surface area contributed by atoms with Crippen LogP contribution in [0.4, 0.5) is 15.9 Å². The Labute approximate surface area is 247 Å². The van der Waals surface area contributed by atoms with Gasteiger partial charge in [0.05, 0.1) is 40.7 Å². The fourth-order valence-corrected chi connectivity index (χ4v) is 3.74. The third-order valence-corrected chi connectivity index (χ3v) is 6.24. The smallest absolute Gasteiger partial charge is 0.211 e. The quantitative estimate of drug-likeness (QED) is 0.0978. The molecule has 40 heavy (non-hydrogen) atoms. The molecule has 2 aromatic rings. The normalized spacial score (nSPS) is 13.8. The lowest BCUT2D eigenvalue weighted by Gasteiger charge is -2.26. The van der Waals surface area contributed by atoms with E-state index in [4.69, 9.17) is 27.9 Å². The van der Waals surface area contributed by atoms with Crippen LogP contribution in [0.1, 0.15) is 57.8 Å². The number of amides is 1. The van der Waals surface area contributed by atoms with E-state index in [9.17, 15) is 14.0 Å². The largest absolute Gasteiger partial charge is 0.379 e. The van der Waals surface area contributed by atoms with Gasteiger partial charge in [0.1, 0.15) is 5.82 Å². The van der Waals surface area contributed by atoms with Gasteiger partial charge < -0.3 is 15.4 Å². The van der Waals surface area contributed by atoms with E-state index in [1.54, 1.807) is 25.3 Å². The van der Waals surface area contributed by atoms with Crippen LogP contribution in [0.25, 0.3) is 0 Å². The molecule has 0 radical (unpaired) electrons. The Balaban J connectivity index is 0.000000364. The molecule has 0 atom stereocenters. The number of ether oxygens (including phenoxy) is 1. The maximum atomic E-state index is 13.9. The monoisotopic (exact) mass is 594 g/mol. The third kappa shape index (κ3) is 12.6. The van der Waals surface area contributed by atoms with Crippen molar-refractivity contribution in [3.05, 3.63) is 75.2 Å². The minimum absolute atomic E-state index is 0.0637. The van der Waals surface area contributed by atoms with Crippen LogP contribution < -0.4 is 10.6 Å². The van der Waals surface area contributed by atoms with Gasteiger partial charge in [-0.2, -0.15) is 0 Å². The van der Waals surface area contributed by atoms with E-state index >= 15 is 0 Å². The van der Waals surface area contributed by atoms with Crippen molar-refractivity contribution >= 4 is 46.9 Å². The molecule has 0 saturated carbocycles. The SMILES string of the molecule is C/C=C(\C=C(\C)CC)C(=O)c1c(Cl)ccc(Cl)c1F.CCC.O=CNc1ccc(NCCN2CCOCC2)nc1. The third-order valence-electron chi connectivity index (χ3n) is 5.63.